The smallest absolute Gasteiger partial charge is 0.193 e. The lowest BCUT2D eigenvalue weighted by Gasteiger charge is -2.10. The first kappa shape index (κ1) is 22.9. The van der Waals surface area contributed by atoms with Crippen molar-refractivity contribution >= 4 is 63.3 Å². The highest BCUT2D eigenvalue weighted by Crippen LogP contribution is 2.22. The van der Waals surface area contributed by atoms with Crippen LogP contribution < -0.4 is 20.5 Å². The van der Waals surface area contributed by atoms with Crippen LogP contribution in [-0.4, -0.2) is 37.7 Å². The lowest BCUT2D eigenvalue weighted by atomic mass is 10.3. The van der Waals surface area contributed by atoms with Crippen LogP contribution in [-0.2, 0) is 0 Å². The van der Waals surface area contributed by atoms with Crippen molar-refractivity contribution < 1.29 is 9.47 Å². The molecule has 2 rings (SSSR count). The number of halogens is 2. The zero-order chi connectivity index (χ0) is 17.9. The maximum atomic E-state index is 5.91. The number of anilines is 1. The number of aliphatic imine (C=N–C) groups is 1. The summed E-state index contributed by atoms with van der Waals surface area (Å²) < 4.78 is 12.0. The van der Waals surface area contributed by atoms with E-state index in [1.54, 1.807) is 18.9 Å². The number of nitrogens with two attached hydrogens (primary N) is 1. The van der Waals surface area contributed by atoms with E-state index in [-0.39, 0.29) is 24.0 Å². The van der Waals surface area contributed by atoms with Gasteiger partial charge in [-0.25, -0.2) is 0 Å². The quantitative estimate of drug-likeness (QED) is 0.206. The molecule has 0 aliphatic rings. The molecule has 0 bridgehead atoms. The summed E-state index contributed by atoms with van der Waals surface area (Å²) in [5.41, 5.74) is 6.71. The lowest BCUT2D eigenvalue weighted by Crippen LogP contribution is -2.23. The van der Waals surface area contributed by atoms with Crippen molar-refractivity contribution in [3.05, 3.63) is 53.0 Å². The Morgan fingerprint density at radius 3 is 2.77 bits per heavy atom. The van der Waals surface area contributed by atoms with E-state index >= 15 is 0 Å². The molecule has 26 heavy (non-hydrogen) atoms. The molecule has 0 amide bonds. The van der Waals surface area contributed by atoms with Crippen LogP contribution in [0, 0.1) is 0 Å². The van der Waals surface area contributed by atoms with Crippen LogP contribution in [0.15, 0.2) is 58.0 Å². The van der Waals surface area contributed by atoms with Gasteiger partial charge in [-0.1, -0.05) is 34.1 Å². The number of nitrogens with one attached hydrogen (secondary N) is 1. The normalized spacial score (nSPS) is 10.8. The number of rotatable bonds is 9. The number of ether oxygens (including phenoxy) is 2. The molecular weight excluding hydrogens is 529 g/mol. The van der Waals surface area contributed by atoms with Gasteiger partial charge in [0.2, 0.25) is 0 Å². The molecule has 0 aromatic heterocycles. The Morgan fingerprint density at radius 1 is 1.19 bits per heavy atom. The Morgan fingerprint density at radius 2 is 2.00 bits per heavy atom. The van der Waals surface area contributed by atoms with Gasteiger partial charge in [-0.3, -0.25) is 4.99 Å². The summed E-state index contributed by atoms with van der Waals surface area (Å²) in [6, 6.07) is 15.4. The van der Waals surface area contributed by atoms with Crippen LogP contribution in [0.3, 0.4) is 0 Å². The molecule has 0 spiro atoms. The van der Waals surface area contributed by atoms with Gasteiger partial charge in [-0.2, -0.15) is 11.8 Å². The molecule has 0 unspecified atom stereocenters. The molecule has 0 aliphatic heterocycles. The summed E-state index contributed by atoms with van der Waals surface area (Å²) in [4.78, 5) is 4.32. The van der Waals surface area contributed by atoms with Crippen LogP contribution in [0.1, 0.15) is 0 Å². The molecule has 8 heteroatoms. The van der Waals surface area contributed by atoms with Crippen molar-refractivity contribution in [1.82, 2.24) is 0 Å². The third-order valence-electron chi connectivity index (χ3n) is 3.18. The predicted octanol–water partition coefficient (Wildman–Crippen LogP) is 4.61. The summed E-state index contributed by atoms with van der Waals surface area (Å²) in [6.45, 7) is 1.31. The predicted molar refractivity (Wildman–Crippen MR) is 125 cm³/mol. The fraction of sp³-hybridized carbons (Fsp3) is 0.278. The average Bonchev–Trinajstić information content (AvgIpc) is 2.61. The molecule has 2 aromatic carbocycles. The number of guanidine groups is 1. The second kappa shape index (κ2) is 13.1. The summed E-state index contributed by atoms with van der Waals surface area (Å²) in [5.74, 6) is 3.78. The minimum absolute atomic E-state index is 0. The van der Waals surface area contributed by atoms with Crippen molar-refractivity contribution in [3.8, 4) is 11.5 Å². The van der Waals surface area contributed by atoms with Crippen molar-refractivity contribution in [2.45, 2.75) is 0 Å². The van der Waals surface area contributed by atoms with Gasteiger partial charge >= 0.3 is 0 Å². The molecular formula is C18H23BrIN3O2S. The second-order valence-corrected chi connectivity index (χ2v) is 7.15. The minimum Gasteiger partial charge on any atom is -0.495 e. The number of thioether (sulfide) groups is 1. The summed E-state index contributed by atoms with van der Waals surface area (Å²) in [6.07, 6.45) is 0. The van der Waals surface area contributed by atoms with Crippen LogP contribution in [0.2, 0.25) is 0 Å². The van der Waals surface area contributed by atoms with Crippen LogP contribution >= 0.6 is 51.7 Å². The van der Waals surface area contributed by atoms with Crippen LogP contribution in [0.25, 0.3) is 0 Å². The van der Waals surface area contributed by atoms with E-state index < -0.39 is 0 Å². The van der Waals surface area contributed by atoms with Crippen molar-refractivity contribution in [3.63, 3.8) is 0 Å². The minimum atomic E-state index is 0. The Labute approximate surface area is 184 Å². The van der Waals surface area contributed by atoms with E-state index in [9.17, 15) is 0 Å². The Kier molecular flexibility index (Phi) is 11.5. The summed E-state index contributed by atoms with van der Waals surface area (Å²) in [7, 11) is 1.63. The zero-order valence-electron chi connectivity index (χ0n) is 14.5. The van der Waals surface area contributed by atoms with Gasteiger partial charge in [0, 0.05) is 16.0 Å². The fourth-order valence-corrected chi connectivity index (χ4v) is 3.04. The van der Waals surface area contributed by atoms with E-state index in [0.717, 1.165) is 33.2 Å². The largest absolute Gasteiger partial charge is 0.495 e. The maximum Gasteiger partial charge on any atom is 0.193 e. The van der Waals surface area contributed by atoms with Crippen LogP contribution in [0.5, 0.6) is 11.5 Å². The van der Waals surface area contributed by atoms with Gasteiger partial charge in [0.05, 0.1) is 25.9 Å². The fourth-order valence-electron chi connectivity index (χ4n) is 2.03. The lowest BCUT2D eigenvalue weighted by molar-refractivity contribution is 0.344. The SMILES string of the molecule is COc1ccccc1NC(N)=NCCSCCOc1cccc(Br)c1.I. The Bertz CT molecular complexity index is 704. The summed E-state index contributed by atoms with van der Waals surface area (Å²) in [5, 5.41) is 3.05. The van der Waals surface area contributed by atoms with Crippen molar-refractivity contribution in [2.75, 3.05) is 37.1 Å². The van der Waals surface area contributed by atoms with Gasteiger partial charge in [0.1, 0.15) is 11.5 Å². The van der Waals surface area contributed by atoms with E-state index in [1.165, 1.54) is 0 Å². The number of hydrogen-bond acceptors (Lipinski definition) is 4. The molecule has 142 valence electrons. The Balaban J connectivity index is 0.00000338. The molecule has 0 fully saturated rings. The number of para-hydroxylation sites is 2. The molecule has 0 aliphatic carbocycles. The molecule has 3 N–H and O–H groups in total. The van der Waals surface area contributed by atoms with Crippen molar-refractivity contribution in [1.29, 1.82) is 0 Å². The van der Waals surface area contributed by atoms with Crippen LogP contribution in [0.4, 0.5) is 5.69 Å². The highest BCUT2D eigenvalue weighted by Gasteiger charge is 2.02. The Hall–Kier alpha value is -1.13. The first-order chi connectivity index (χ1) is 12.2. The monoisotopic (exact) mass is 551 g/mol. The van der Waals surface area contributed by atoms with Crippen molar-refractivity contribution in [2.24, 2.45) is 10.7 Å². The van der Waals surface area contributed by atoms with Gasteiger partial charge in [0.15, 0.2) is 5.96 Å². The molecule has 5 nitrogen and oxygen atoms in total. The topological polar surface area (TPSA) is 68.9 Å². The van der Waals surface area contributed by atoms with E-state index in [1.807, 2.05) is 48.5 Å². The van der Waals surface area contributed by atoms with Gasteiger partial charge in [-0.15, -0.1) is 24.0 Å². The first-order valence-corrected chi connectivity index (χ1v) is 9.80. The standard InChI is InChI=1S/C18H22BrN3O2S.HI/c1-23-17-8-3-2-7-16(17)22-18(20)21-9-11-25-12-10-24-15-6-4-5-14(19)13-15;/h2-8,13H,9-12H2,1H3,(H3,20,21,22);1H. The number of methoxy groups -OCH3 is 1. The molecule has 0 heterocycles. The van der Waals surface area contributed by atoms with E-state index in [0.29, 0.717) is 19.1 Å². The van der Waals surface area contributed by atoms with E-state index in [4.69, 9.17) is 15.2 Å². The second-order valence-electron chi connectivity index (χ2n) is 5.01. The molecule has 0 atom stereocenters. The van der Waals surface area contributed by atoms with Gasteiger partial charge < -0.3 is 20.5 Å². The van der Waals surface area contributed by atoms with E-state index in [2.05, 4.69) is 26.2 Å². The highest BCUT2D eigenvalue weighted by molar-refractivity contribution is 14.0. The van der Waals surface area contributed by atoms with Gasteiger partial charge in [0.25, 0.3) is 0 Å². The molecule has 0 radical (unpaired) electrons. The summed E-state index contributed by atoms with van der Waals surface area (Å²) >= 11 is 5.21. The highest BCUT2D eigenvalue weighted by atomic mass is 127. The first-order valence-electron chi connectivity index (χ1n) is 7.85. The average molecular weight is 552 g/mol. The maximum absolute atomic E-state index is 5.91. The number of nitrogens with zero attached hydrogens (tertiary/aromatic N) is 1. The molecule has 0 saturated carbocycles. The third kappa shape index (κ3) is 8.50. The number of hydrogen-bond donors (Lipinski definition) is 2. The number of benzene rings is 2. The molecule has 0 saturated heterocycles. The molecule has 2 aromatic rings. The van der Waals surface area contributed by atoms with Gasteiger partial charge in [-0.05, 0) is 30.3 Å². The third-order valence-corrected chi connectivity index (χ3v) is 4.60. The zero-order valence-corrected chi connectivity index (χ0v) is 19.2.